The summed E-state index contributed by atoms with van der Waals surface area (Å²) in [4.78, 5) is 33.8. The lowest BCUT2D eigenvalue weighted by atomic mass is 9.96. The van der Waals surface area contributed by atoms with Gasteiger partial charge < -0.3 is 14.5 Å². The molecule has 1 N–H and O–H groups in total. The van der Waals surface area contributed by atoms with Crippen molar-refractivity contribution in [2.45, 2.75) is 43.1 Å². The molecule has 152 valence electrons. The number of carbonyl (C=O) groups excluding carboxylic acids is 2. The van der Waals surface area contributed by atoms with E-state index >= 15 is 0 Å². The monoisotopic (exact) mass is 413 g/mol. The molecule has 0 aliphatic heterocycles. The molecule has 2 aromatic heterocycles. The van der Waals surface area contributed by atoms with Crippen LogP contribution in [0, 0.1) is 0 Å². The number of thioether (sulfide) groups is 1. The Morgan fingerprint density at radius 2 is 1.93 bits per heavy atom. The Balaban J connectivity index is 1.93. The van der Waals surface area contributed by atoms with Crippen molar-refractivity contribution in [3.8, 4) is 0 Å². The zero-order valence-electron chi connectivity index (χ0n) is 16.6. The van der Waals surface area contributed by atoms with Crippen LogP contribution in [0.3, 0.4) is 0 Å². The van der Waals surface area contributed by atoms with Crippen LogP contribution in [0.4, 0.5) is 0 Å². The van der Waals surface area contributed by atoms with E-state index in [1.54, 1.807) is 25.4 Å². The van der Waals surface area contributed by atoms with Crippen molar-refractivity contribution in [2.75, 3.05) is 7.11 Å². The summed E-state index contributed by atoms with van der Waals surface area (Å²) in [7, 11) is 1.31. The van der Waals surface area contributed by atoms with E-state index in [9.17, 15) is 9.59 Å². The van der Waals surface area contributed by atoms with Crippen LogP contribution < -0.4 is 5.32 Å². The second-order valence-electron chi connectivity index (χ2n) is 6.75. The third-order valence-corrected chi connectivity index (χ3v) is 5.47. The zero-order chi connectivity index (χ0) is 20.9. The molecule has 0 bridgehead atoms. The Labute approximate surface area is 173 Å². The average Bonchev–Trinajstić information content (AvgIpc) is 3.11. The molecule has 0 saturated heterocycles. The van der Waals surface area contributed by atoms with Gasteiger partial charge in [0.2, 0.25) is 0 Å². The Bertz CT molecular complexity index is 1010. The summed E-state index contributed by atoms with van der Waals surface area (Å²) < 4.78 is 10.8. The van der Waals surface area contributed by atoms with Gasteiger partial charge in [0, 0.05) is 29.1 Å². The average molecular weight is 413 g/mol. The van der Waals surface area contributed by atoms with E-state index in [1.165, 1.54) is 18.9 Å². The van der Waals surface area contributed by atoms with Gasteiger partial charge in [0.05, 0.1) is 7.11 Å². The van der Waals surface area contributed by atoms with Gasteiger partial charge in [-0.1, -0.05) is 43.3 Å². The number of para-hydroxylation sites is 1. The lowest BCUT2D eigenvalue weighted by Gasteiger charge is -2.27. The summed E-state index contributed by atoms with van der Waals surface area (Å²) in [5, 5.41) is 4.26. The molecule has 3 aromatic rings. The number of furan rings is 1. The molecule has 1 aromatic carbocycles. The molecule has 1 amide bonds. The highest BCUT2D eigenvalue weighted by atomic mass is 32.2. The Kier molecular flexibility index (Phi) is 6.53. The number of fused-ring (bicyclic) bond motifs is 1. The van der Waals surface area contributed by atoms with Crippen molar-refractivity contribution in [1.82, 2.24) is 15.3 Å². The van der Waals surface area contributed by atoms with Gasteiger partial charge in [0.25, 0.3) is 5.91 Å². The number of hydrogen-bond donors (Lipinski definition) is 1. The van der Waals surface area contributed by atoms with Gasteiger partial charge in [-0.05, 0) is 25.5 Å². The van der Waals surface area contributed by atoms with Gasteiger partial charge in [-0.2, -0.15) is 0 Å². The second kappa shape index (κ2) is 9.09. The maximum absolute atomic E-state index is 13.1. The van der Waals surface area contributed by atoms with Crippen LogP contribution >= 0.6 is 11.8 Å². The minimum Gasteiger partial charge on any atom is -0.467 e. The highest BCUT2D eigenvalue weighted by molar-refractivity contribution is 7.98. The molecule has 0 aliphatic carbocycles. The van der Waals surface area contributed by atoms with Gasteiger partial charge in [-0.3, -0.25) is 4.79 Å². The first-order valence-corrected chi connectivity index (χ1v) is 10.3. The number of amides is 1. The predicted octanol–water partition coefficient (Wildman–Crippen LogP) is 3.98. The van der Waals surface area contributed by atoms with Crippen molar-refractivity contribution in [2.24, 2.45) is 0 Å². The summed E-state index contributed by atoms with van der Waals surface area (Å²) in [5.41, 5.74) is 0.212. The fraction of sp³-hybridized carbons (Fsp3) is 0.333. The highest BCUT2D eigenvalue weighted by Gasteiger charge is 2.37. The third-order valence-electron chi connectivity index (χ3n) is 4.57. The molecule has 3 rings (SSSR count). The number of aromatic nitrogens is 2. The van der Waals surface area contributed by atoms with Crippen LogP contribution in [0.15, 0.2) is 52.3 Å². The van der Waals surface area contributed by atoms with E-state index in [0.717, 1.165) is 10.9 Å². The standard InChI is InChI=1S/C21H23N3O4S/c1-4-10-21(2,19(26)27-3)24-18(25)17-15(13-29-20-22-11-7-12-23-20)14-8-5-6-9-16(14)28-17/h5-9,11-12H,4,10,13H2,1-3H3,(H,24,25). The number of benzene rings is 1. The van der Waals surface area contributed by atoms with Crippen LogP contribution in [0.2, 0.25) is 0 Å². The highest BCUT2D eigenvalue weighted by Crippen LogP contribution is 2.31. The fourth-order valence-electron chi connectivity index (χ4n) is 3.17. The van der Waals surface area contributed by atoms with E-state index < -0.39 is 17.4 Å². The van der Waals surface area contributed by atoms with E-state index in [1.807, 2.05) is 31.2 Å². The van der Waals surface area contributed by atoms with Crippen molar-refractivity contribution < 1.29 is 18.7 Å². The number of nitrogens with one attached hydrogen (secondary N) is 1. The smallest absolute Gasteiger partial charge is 0.331 e. The minimum absolute atomic E-state index is 0.181. The van der Waals surface area contributed by atoms with Crippen LogP contribution in [-0.2, 0) is 15.3 Å². The van der Waals surface area contributed by atoms with E-state index in [4.69, 9.17) is 9.15 Å². The molecule has 0 aliphatic rings. The number of hydrogen-bond acceptors (Lipinski definition) is 7. The fourth-order valence-corrected chi connectivity index (χ4v) is 4.00. The molecule has 2 heterocycles. The number of methoxy groups -OCH3 is 1. The Morgan fingerprint density at radius 1 is 1.21 bits per heavy atom. The zero-order valence-corrected chi connectivity index (χ0v) is 17.4. The SMILES string of the molecule is CCCC(C)(NC(=O)c1oc2ccccc2c1CSc1ncccn1)C(=O)OC. The van der Waals surface area contributed by atoms with E-state index in [-0.39, 0.29) is 5.76 Å². The number of carbonyl (C=O) groups is 2. The third kappa shape index (κ3) is 4.59. The topological polar surface area (TPSA) is 94.3 Å². The quantitative estimate of drug-likeness (QED) is 0.339. The number of ether oxygens (including phenoxy) is 1. The first kappa shape index (κ1) is 20.9. The molecule has 0 radical (unpaired) electrons. The lowest BCUT2D eigenvalue weighted by Crippen LogP contribution is -2.52. The van der Waals surface area contributed by atoms with Crippen molar-refractivity contribution in [3.63, 3.8) is 0 Å². The number of nitrogens with zero attached hydrogens (tertiary/aromatic N) is 2. The van der Waals surface area contributed by atoms with Gasteiger partial charge in [0.1, 0.15) is 11.1 Å². The number of rotatable bonds is 8. The lowest BCUT2D eigenvalue weighted by molar-refractivity contribution is -0.147. The van der Waals surface area contributed by atoms with Crippen LogP contribution in [0.25, 0.3) is 11.0 Å². The first-order valence-electron chi connectivity index (χ1n) is 9.29. The maximum atomic E-state index is 13.1. The molecule has 1 atom stereocenters. The second-order valence-corrected chi connectivity index (χ2v) is 7.70. The summed E-state index contributed by atoms with van der Waals surface area (Å²) in [6, 6.07) is 9.20. The normalized spacial score (nSPS) is 13.1. The van der Waals surface area contributed by atoms with Crippen LogP contribution in [0.1, 0.15) is 42.8 Å². The molecular formula is C21H23N3O4S. The Morgan fingerprint density at radius 3 is 2.62 bits per heavy atom. The largest absolute Gasteiger partial charge is 0.467 e. The number of esters is 1. The summed E-state index contributed by atoms with van der Waals surface area (Å²) in [6.45, 7) is 3.60. The van der Waals surface area contributed by atoms with Crippen LogP contribution in [0.5, 0.6) is 0 Å². The first-order chi connectivity index (χ1) is 14.0. The maximum Gasteiger partial charge on any atom is 0.331 e. The van der Waals surface area contributed by atoms with Gasteiger partial charge in [-0.25, -0.2) is 14.8 Å². The van der Waals surface area contributed by atoms with Gasteiger partial charge in [0.15, 0.2) is 10.9 Å². The van der Waals surface area contributed by atoms with Gasteiger partial charge >= 0.3 is 5.97 Å². The predicted molar refractivity (Wildman–Crippen MR) is 111 cm³/mol. The molecule has 8 heteroatoms. The molecule has 0 fully saturated rings. The minimum atomic E-state index is -1.13. The summed E-state index contributed by atoms with van der Waals surface area (Å²) in [5.74, 6) is -0.308. The van der Waals surface area contributed by atoms with Crippen molar-refractivity contribution in [1.29, 1.82) is 0 Å². The molecule has 29 heavy (non-hydrogen) atoms. The summed E-state index contributed by atoms with van der Waals surface area (Å²) >= 11 is 1.41. The van der Waals surface area contributed by atoms with E-state index in [2.05, 4.69) is 15.3 Å². The Hall–Kier alpha value is -2.87. The molecule has 1 unspecified atom stereocenters. The molecular weight excluding hydrogens is 390 g/mol. The molecule has 0 spiro atoms. The van der Waals surface area contributed by atoms with Crippen molar-refractivity contribution >= 4 is 34.6 Å². The van der Waals surface area contributed by atoms with Gasteiger partial charge in [-0.15, -0.1) is 0 Å². The molecule has 7 nitrogen and oxygen atoms in total. The van der Waals surface area contributed by atoms with E-state index in [0.29, 0.717) is 29.3 Å². The molecule has 0 saturated carbocycles. The summed E-state index contributed by atoms with van der Waals surface area (Å²) in [6.07, 6.45) is 4.50. The van der Waals surface area contributed by atoms with Crippen molar-refractivity contribution in [3.05, 3.63) is 54.0 Å². The van der Waals surface area contributed by atoms with Crippen LogP contribution in [-0.4, -0.2) is 34.5 Å².